The maximum absolute atomic E-state index is 11.7. The number of hydrogen-bond donors (Lipinski definition) is 0. The topological polar surface area (TPSA) is 29.5 Å². The molecule has 0 saturated heterocycles. The summed E-state index contributed by atoms with van der Waals surface area (Å²) in [5.74, 6) is -0.000694. The van der Waals surface area contributed by atoms with Crippen molar-refractivity contribution in [2.75, 3.05) is 20.8 Å². The maximum Gasteiger partial charge on any atom is 0.252 e. The van der Waals surface area contributed by atoms with Gasteiger partial charge in [-0.05, 0) is 24.8 Å². The molecule has 0 heterocycles. The molecule has 0 saturated carbocycles. The van der Waals surface area contributed by atoms with Crippen molar-refractivity contribution >= 4 is 5.91 Å². The summed E-state index contributed by atoms with van der Waals surface area (Å²) in [6.45, 7) is 6.56. The lowest BCUT2D eigenvalue weighted by atomic mass is 9.82. The molecule has 0 N–H and O–H groups in total. The molecule has 0 unspecified atom stereocenters. The second-order valence-electron chi connectivity index (χ2n) is 5.08. The van der Waals surface area contributed by atoms with Crippen molar-refractivity contribution in [1.29, 1.82) is 0 Å². The van der Waals surface area contributed by atoms with E-state index in [1.54, 1.807) is 4.90 Å². The number of allylic oxidation sites excluding steroid dienone is 4. The van der Waals surface area contributed by atoms with Crippen LogP contribution < -0.4 is 0 Å². The van der Waals surface area contributed by atoms with Gasteiger partial charge in [-0.1, -0.05) is 25.5 Å². The van der Waals surface area contributed by atoms with E-state index in [1.165, 1.54) is 12.7 Å². The van der Waals surface area contributed by atoms with Gasteiger partial charge in [0, 0.05) is 19.9 Å². The number of nitrogens with zero attached hydrogens (tertiary/aromatic N) is 1. The number of carbonyl (C=O) groups excluding carboxylic acids is 1. The van der Waals surface area contributed by atoms with Gasteiger partial charge in [0.1, 0.15) is 6.61 Å². The predicted octanol–water partition coefficient (Wildman–Crippen LogP) is 2.35. The number of hydrogen-bond acceptors (Lipinski definition) is 2. The number of amides is 1. The molecule has 90 valence electrons. The average molecular weight is 223 g/mol. The number of rotatable bonds is 3. The van der Waals surface area contributed by atoms with Crippen molar-refractivity contribution < 1.29 is 9.53 Å². The van der Waals surface area contributed by atoms with Crippen LogP contribution in [0.2, 0.25) is 0 Å². The monoisotopic (exact) mass is 223 g/mol. The molecule has 3 heteroatoms. The van der Waals surface area contributed by atoms with Crippen LogP contribution in [0.15, 0.2) is 23.4 Å². The quantitative estimate of drug-likeness (QED) is 0.735. The SMILES string of the molecule is COCC(=O)N(C)C1=CC(C)=CC(C)(C)C1. The van der Waals surface area contributed by atoms with Gasteiger partial charge < -0.3 is 9.64 Å². The first-order chi connectivity index (χ1) is 7.35. The molecule has 0 bridgehead atoms. The average Bonchev–Trinajstić information content (AvgIpc) is 2.13. The van der Waals surface area contributed by atoms with Crippen molar-refractivity contribution in [2.24, 2.45) is 5.41 Å². The normalized spacial score (nSPS) is 18.8. The number of likely N-dealkylation sites (N-methyl/N-ethyl adjacent to an activating group) is 1. The minimum absolute atomic E-state index is 0.000694. The largest absolute Gasteiger partial charge is 0.375 e. The van der Waals surface area contributed by atoms with E-state index in [1.807, 2.05) is 7.05 Å². The molecular weight excluding hydrogens is 202 g/mol. The molecule has 1 amide bonds. The summed E-state index contributed by atoms with van der Waals surface area (Å²) in [7, 11) is 3.35. The molecule has 0 aromatic carbocycles. The Labute approximate surface area is 97.8 Å². The lowest BCUT2D eigenvalue weighted by molar-refractivity contribution is -0.132. The predicted molar refractivity (Wildman–Crippen MR) is 64.9 cm³/mol. The fourth-order valence-corrected chi connectivity index (χ4v) is 2.09. The van der Waals surface area contributed by atoms with Gasteiger partial charge in [0.25, 0.3) is 5.91 Å². The van der Waals surface area contributed by atoms with Gasteiger partial charge in [-0.15, -0.1) is 0 Å². The van der Waals surface area contributed by atoms with Crippen molar-refractivity contribution in [1.82, 2.24) is 4.90 Å². The smallest absolute Gasteiger partial charge is 0.252 e. The van der Waals surface area contributed by atoms with E-state index in [0.717, 1.165) is 12.1 Å². The highest BCUT2D eigenvalue weighted by molar-refractivity contribution is 5.79. The van der Waals surface area contributed by atoms with Gasteiger partial charge in [0.15, 0.2) is 0 Å². The van der Waals surface area contributed by atoms with Crippen LogP contribution in [0.4, 0.5) is 0 Å². The Morgan fingerprint density at radius 3 is 2.69 bits per heavy atom. The second-order valence-corrected chi connectivity index (χ2v) is 5.08. The first kappa shape index (κ1) is 13.0. The van der Waals surface area contributed by atoms with Crippen LogP contribution in [0, 0.1) is 5.41 Å². The summed E-state index contributed by atoms with van der Waals surface area (Å²) >= 11 is 0. The number of methoxy groups -OCH3 is 1. The minimum atomic E-state index is -0.000694. The van der Waals surface area contributed by atoms with Crippen molar-refractivity contribution in [3.05, 3.63) is 23.4 Å². The third-order valence-corrected chi connectivity index (χ3v) is 2.72. The van der Waals surface area contributed by atoms with Gasteiger partial charge >= 0.3 is 0 Å². The van der Waals surface area contributed by atoms with Gasteiger partial charge in [0.2, 0.25) is 0 Å². The Bertz CT molecular complexity index is 340. The molecule has 1 aliphatic rings. The van der Waals surface area contributed by atoms with Gasteiger partial charge in [0.05, 0.1) is 0 Å². The standard InChI is InChI=1S/C13H21NO2/c1-10-6-11(8-13(2,3)7-10)14(4)12(15)9-16-5/h6-7H,8-9H2,1-5H3. The molecule has 0 aliphatic heterocycles. The van der Waals surface area contributed by atoms with Crippen molar-refractivity contribution in [3.8, 4) is 0 Å². The summed E-state index contributed by atoms with van der Waals surface area (Å²) in [6, 6.07) is 0. The highest BCUT2D eigenvalue weighted by Gasteiger charge is 2.24. The van der Waals surface area contributed by atoms with E-state index in [9.17, 15) is 4.79 Å². The van der Waals surface area contributed by atoms with Crippen LogP contribution in [0.25, 0.3) is 0 Å². The van der Waals surface area contributed by atoms with E-state index in [2.05, 4.69) is 32.9 Å². The van der Waals surface area contributed by atoms with Crippen LogP contribution in [0.5, 0.6) is 0 Å². The molecule has 1 aliphatic carbocycles. The summed E-state index contributed by atoms with van der Waals surface area (Å²) in [6.07, 6.45) is 5.19. The van der Waals surface area contributed by atoms with Crippen molar-refractivity contribution in [3.63, 3.8) is 0 Å². The molecule has 3 nitrogen and oxygen atoms in total. The molecular formula is C13H21NO2. The summed E-state index contributed by atoms with van der Waals surface area (Å²) in [4.78, 5) is 13.4. The number of carbonyl (C=O) groups is 1. The molecule has 1 rings (SSSR count). The lowest BCUT2D eigenvalue weighted by Crippen LogP contribution is -2.32. The summed E-state index contributed by atoms with van der Waals surface area (Å²) in [5, 5.41) is 0. The van der Waals surface area contributed by atoms with Crippen LogP contribution in [-0.2, 0) is 9.53 Å². The molecule has 0 spiro atoms. The van der Waals surface area contributed by atoms with Gasteiger partial charge in [-0.25, -0.2) is 0 Å². The fraction of sp³-hybridized carbons (Fsp3) is 0.615. The highest BCUT2D eigenvalue weighted by Crippen LogP contribution is 2.34. The molecule has 0 fully saturated rings. The van der Waals surface area contributed by atoms with Crippen LogP contribution >= 0.6 is 0 Å². The summed E-state index contributed by atoms with van der Waals surface area (Å²) < 4.78 is 4.86. The minimum Gasteiger partial charge on any atom is -0.375 e. The fourth-order valence-electron chi connectivity index (χ4n) is 2.09. The number of ether oxygens (including phenoxy) is 1. The highest BCUT2D eigenvalue weighted by atomic mass is 16.5. The second kappa shape index (κ2) is 4.83. The molecule has 0 aromatic rings. The Morgan fingerprint density at radius 2 is 2.19 bits per heavy atom. The maximum atomic E-state index is 11.7. The zero-order valence-corrected chi connectivity index (χ0v) is 10.8. The Balaban J connectivity index is 2.82. The zero-order valence-electron chi connectivity index (χ0n) is 10.8. The van der Waals surface area contributed by atoms with E-state index in [-0.39, 0.29) is 17.9 Å². The van der Waals surface area contributed by atoms with E-state index >= 15 is 0 Å². The molecule has 0 atom stereocenters. The first-order valence-corrected chi connectivity index (χ1v) is 5.51. The van der Waals surface area contributed by atoms with Crippen LogP contribution in [-0.4, -0.2) is 31.6 Å². The third-order valence-electron chi connectivity index (χ3n) is 2.72. The van der Waals surface area contributed by atoms with E-state index in [0.29, 0.717) is 0 Å². The van der Waals surface area contributed by atoms with Crippen molar-refractivity contribution in [2.45, 2.75) is 27.2 Å². The van der Waals surface area contributed by atoms with Crippen LogP contribution in [0.3, 0.4) is 0 Å². The van der Waals surface area contributed by atoms with Gasteiger partial charge in [-0.2, -0.15) is 0 Å². The third kappa shape index (κ3) is 3.20. The molecule has 16 heavy (non-hydrogen) atoms. The first-order valence-electron chi connectivity index (χ1n) is 5.51. The Hall–Kier alpha value is -1.09. The summed E-state index contributed by atoms with van der Waals surface area (Å²) in [5.41, 5.74) is 2.39. The Kier molecular flexibility index (Phi) is 3.92. The lowest BCUT2D eigenvalue weighted by Gasteiger charge is -2.31. The Morgan fingerprint density at radius 1 is 1.56 bits per heavy atom. The van der Waals surface area contributed by atoms with E-state index < -0.39 is 0 Å². The van der Waals surface area contributed by atoms with Gasteiger partial charge in [-0.3, -0.25) is 4.79 Å². The molecule has 0 aromatic heterocycles. The molecule has 0 radical (unpaired) electrons. The zero-order chi connectivity index (χ0) is 12.3. The van der Waals surface area contributed by atoms with Crippen LogP contribution in [0.1, 0.15) is 27.2 Å². The van der Waals surface area contributed by atoms with E-state index in [4.69, 9.17) is 4.74 Å².